The average Bonchev–Trinajstić information content (AvgIpc) is 2.54. The van der Waals surface area contributed by atoms with E-state index in [2.05, 4.69) is 21.7 Å². The van der Waals surface area contributed by atoms with Crippen LogP contribution in [0.1, 0.15) is 16.7 Å². The van der Waals surface area contributed by atoms with Crippen LogP contribution >= 0.6 is 0 Å². The van der Waals surface area contributed by atoms with Crippen molar-refractivity contribution in [1.82, 2.24) is 10.3 Å². The van der Waals surface area contributed by atoms with Gasteiger partial charge in [0.25, 0.3) is 5.56 Å². The molecule has 0 unspecified atom stereocenters. The summed E-state index contributed by atoms with van der Waals surface area (Å²) in [4.78, 5) is 27.0. The van der Waals surface area contributed by atoms with Crippen molar-refractivity contribution in [3.63, 3.8) is 0 Å². The zero-order valence-corrected chi connectivity index (χ0v) is 13.6. The second-order valence-electron chi connectivity index (χ2n) is 5.84. The minimum Gasteiger partial charge on any atom is -0.334 e. The van der Waals surface area contributed by atoms with E-state index in [0.29, 0.717) is 11.3 Å². The lowest BCUT2D eigenvalue weighted by molar-refractivity contribution is 0.251. The van der Waals surface area contributed by atoms with Crippen LogP contribution in [0.2, 0.25) is 0 Å². The van der Waals surface area contributed by atoms with E-state index in [0.717, 1.165) is 22.0 Å². The van der Waals surface area contributed by atoms with Gasteiger partial charge in [-0.25, -0.2) is 4.79 Å². The van der Waals surface area contributed by atoms with Gasteiger partial charge in [0.05, 0.1) is 0 Å². The zero-order valence-electron chi connectivity index (χ0n) is 13.6. The molecule has 1 heterocycles. The molecular formula is C19H19N3O2. The second-order valence-corrected chi connectivity index (χ2v) is 5.84. The summed E-state index contributed by atoms with van der Waals surface area (Å²) in [6, 6.07) is 14.7. The van der Waals surface area contributed by atoms with Crippen molar-refractivity contribution in [2.45, 2.75) is 20.4 Å². The fourth-order valence-corrected chi connectivity index (χ4v) is 2.72. The average molecular weight is 321 g/mol. The van der Waals surface area contributed by atoms with Crippen LogP contribution in [0.5, 0.6) is 0 Å². The van der Waals surface area contributed by atoms with Gasteiger partial charge in [0, 0.05) is 28.7 Å². The van der Waals surface area contributed by atoms with Crippen LogP contribution in [-0.4, -0.2) is 11.0 Å². The van der Waals surface area contributed by atoms with Gasteiger partial charge in [0.1, 0.15) is 0 Å². The van der Waals surface area contributed by atoms with Gasteiger partial charge in [-0.15, -0.1) is 0 Å². The summed E-state index contributed by atoms with van der Waals surface area (Å²) in [6.07, 6.45) is 0. The SMILES string of the molecule is Cc1cc(C)c2cc(CNC(=O)Nc3ccccc3)c(=O)[nH]c2c1. The Hall–Kier alpha value is -3.08. The predicted octanol–water partition coefficient (Wildman–Crippen LogP) is 3.47. The summed E-state index contributed by atoms with van der Waals surface area (Å²) in [7, 11) is 0. The van der Waals surface area contributed by atoms with Crippen LogP contribution in [0, 0.1) is 13.8 Å². The van der Waals surface area contributed by atoms with Gasteiger partial charge >= 0.3 is 6.03 Å². The second kappa shape index (κ2) is 6.58. The van der Waals surface area contributed by atoms with Crippen molar-refractivity contribution >= 4 is 22.6 Å². The number of nitrogens with one attached hydrogen (secondary N) is 3. The first-order valence-corrected chi connectivity index (χ1v) is 7.76. The minimum absolute atomic E-state index is 0.164. The summed E-state index contributed by atoms with van der Waals surface area (Å²) in [5, 5.41) is 6.43. The molecule has 0 atom stereocenters. The number of benzene rings is 2. The summed E-state index contributed by atoms with van der Waals surface area (Å²) in [6.45, 7) is 4.17. The third-order valence-electron chi connectivity index (χ3n) is 3.86. The van der Waals surface area contributed by atoms with Gasteiger partial charge in [-0.3, -0.25) is 4.79 Å². The molecule has 3 N–H and O–H groups in total. The van der Waals surface area contributed by atoms with Gasteiger partial charge in [0.15, 0.2) is 0 Å². The molecule has 0 radical (unpaired) electrons. The molecule has 0 spiro atoms. The molecule has 1 aromatic heterocycles. The zero-order chi connectivity index (χ0) is 17.1. The van der Waals surface area contributed by atoms with Crippen LogP contribution in [0.3, 0.4) is 0 Å². The maximum atomic E-state index is 12.2. The van der Waals surface area contributed by atoms with Crippen molar-refractivity contribution in [2.75, 3.05) is 5.32 Å². The molecule has 2 aromatic carbocycles. The van der Waals surface area contributed by atoms with Gasteiger partial charge < -0.3 is 15.6 Å². The summed E-state index contributed by atoms with van der Waals surface area (Å²) >= 11 is 0. The Morgan fingerprint density at radius 1 is 1.08 bits per heavy atom. The number of urea groups is 1. The van der Waals surface area contributed by atoms with Gasteiger partial charge in [0.2, 0.25) is 0 Å². The first-order valence-electron chi connectivity index (χ1n) is 7.76. The Bertz CT molecular complexity index is 946. The normalized spacial score (nSPS) is 10.6. The van der Waals surface area contributed by atoms with E-state index in [1.165, 1.54) is 0 Å². The summed E-state index contributed by atoms with van der Waals surface area (Å²) in [5.41, 5.74) is 4.05. The molecule has 24 heavy (non-hydrogen) atoms. The molecule has 0 aliphatic rings. The van der Waals surface area contributed by atoms with Crippen LogP contribution < -0.4 is 16.2 Å². The number of carbonyl (C=O) groups excluding carboxylic acids is 1. The van der Waals surface area contributed by atoms with Crippen LogP contribution in [0.4, 0.5) is 10.5 Å². The number of fused-ring (bicyclic) bond motifs is 1. The lowest BCUT2D eigenvalue weighted by Crippen LogP contribution is -2.30. The smallest absolute Gasteiger partial charge is 0.319 e. The Balaban J connectivity index is 1.76. The van der Waals surface area contributed by atoms with Gasteiger partial charge in [-0.2, -0.15) is 0 Å². The summed E-state index contributed by atoms with van der Waals surface area (Å²) < 4.78 is 0. The van der Waals surface area contributed by atoms with E-state index in [-0.39, 0.29) is 18.1 Å². The fraction of sp³-hybridized carbons (Fsp3) is 0.158. The minimum atomic E-state index is -0.346. The number of aryl methyl sites for hydroxylation is 2. The number of rotatable bonds is 3. The monoisotopic (exact) mass is 321 g/mol. The first kappa shape index (κ1) is 15.8. The summed E-state index contributed by atoms with van der Waals surface area (Å²) in [5.74, 6) is 0. The lowest BCUT2D eigenvalue weighted by Gasteiger charge is -2.09. The highest BCUT2D eigenvalue weighted by Crippen LogP contribution is 2.18. The largest absolute Gasteiger partial charge is 0.334 e. The Morgan fingerprint density at radius 2 is 1.83 bits per heavy atom. The number of hydrogen-bond donors (Lipinski definition) is 3. The Labute approximate surface area is 139 Å². The number of H-pyrrole nitrogens is 1. The third kappa shape index (κ3) is 3.46. The Morgan fingerprint density at radius 3 is 2.58 bits per heavy atom. The molecule has 0 bridgehead atoms. The lowest BCUT2D eigenvalue weighted by atomic mass is 10.0. The van der Waals surface area contributed by atoms with Crippen LogP contribution in [-0.2, 0) is 6.54 Å². The molecule has 0 saturated heterocycles. The molecule has 0 aliphatic heterocycles. The van der Waals surface area contributed by atoms with E-state index < -0.39 is 0 Å². The highest BCUT2D eigenvalue weighted by atomic mass is 16.2. The molecular weight excluding hydrogens is 302 g/mol. The predicted molar refractivity (Wildman–Crippen MR) is 96.3 cm³/mol. The molecule has 0 fully saturated rings. The fourth-order valence-electron chi connectivity index (χ4n) is 2.72. The van der Waals surface area contributed by atoms with Crippen molar-refractivity contribution < 1.29 is 4.79 Å². The molecule has 3 aromatic rings. The van der Waals surface area contributed by atoms with Crippen molar-refractivity contribution in [3.8, 4) is 0 Å². The van der Waals surface area contributed by atoms with Crippen LogP contribution in [0.15, 0.2) is 53.3 Å². The molecule has 0 aliphatic carbocycles. The van der Waals surface area contributed by atoms with Gasteiger partial charge in [-0.05, 0) is 49.2 Å². The van der Waals surface area contributed by atoms with E-state index in [4.69, 9.17) is 0 Å². The maximum Gasteiger partial charge on any atom is 0.319 e. The van der Waals surface area contributed by atoms with Crippen molar-refractivity contribution in [3.05, 3.63) is 75.6 Å². The third-order valence-corrected chi connectivity index (χ3v) is 3.86. The van der Waals surface area contributed by atoms with Crippen LogP contribution in [0.25, 0.3) is 10.9 Å². The standard InChI is InChI=1S/C19H19N3O2/c1-12-8-13(2)16-10-14(18(23)22-17(16)9-12)11-20-19(24)21-15-6-4-3-5-7-15/h3-10H,11H2,1-2H3,(H,22,23)(H2,20,21,24). The number of para-hydroxylation sites is 1. The number of pyridine rings is 1. The van der Waals surface area contributed by atoms with E-state index in [1.807, 2.05) is 44.2 Å². The number of anilines is 1. The molecule has 2 amide bonds. The number of aromatic amines is 1. The van der Waals surface area contributed by atoms with E-state index >= 15 is 0 Å². The highest BCUT2D eigenvalue weighted by molar-refractivity contribution is 5.89. The highest BCUT2D eigenvalue weighted by Gasteiger charge is 2.07. The number of aromatic nitrogens is 1. The molecule has 5 heteroatoms. The number of amides is 2. The molecule has 3 rings (SSSR count). The van der Waals surface area contributed by atoms with Gasteiger partial charge in [-0.1, -0.05) is 24.3 Å². The number of hydrogen-bond acceptors (Lipinski definition) is 2. The molecule has 5 nitrogen and oxygen atoms in total. The van der Waals surface area contributed by atoms with E-state index in [1.54, 1.807) is 12.1 Å². The number of carbonyl (C=O) groups is 1. The first-order chi connectivity index (χ1) is 11.5. The van der Waals surface area contributed by atoms with E-state index in [9.17, 15) is 9.59 Å². The molecule has 122 valence electrons. The molecule has 0 saturated carbocycles. The Kier molecular flexibility index (Phi) is 4.33. The van der Waals surface area contributed by atoms with Crippen molar-refractivity contribution in [1.29, 1.82) is 0 Å². The van der Waals surface area contributed by atoms with Crippen molar-refractivity contribution in [2.24, 2.45) is 0 Å². The maximum absolute atomic E-state index is 12.2. The topological polar surface area (TPSA) is 74.0 Å². The quantitative estimate of drug-likeness (QED) is 0.691.